The van der Waals surface area contributed by atoms with Crippen molar-refractivity contribution in [3.8, 4) is 0 Å². The van der Waals surface area contributed by atoms with Crippen LogP contribution in [0.5, 0.6) is 0 Å². The third-order valence-corrected chi connectivity index (χ3v) is 17.2. The van der Waals surface area contributed by atoms with Gasteiger partial charge in [-0.25, -0.2) is 12.7 Å². The van der Waals surface area contributed by atoms with E-state index in [-0.39, 0.29) is 98.7 Å². The smallest absolute Gasteiger partial charge is 0.246 e. The van der Waals surface area contributed by atoms with Crippen LogP contribution in [0.3, 0.4) is 0 Å². The van der Waals surface area contributed by atoms with E-state index in [0.717, 1.165) is 48.9 Å². The van der Waals surface area contributed by atoms with Crippen LogP contribution in [0, 0.1) is 11.3 Å². The number of hydrogen-bond acceptors (Lipinski definition) is 14. The number of rotatable bonds is 24. The molecule has 6 unspecified atom stereocenters. The number of aliphatic hydroxyl groups excluding tert-OH is 1. The van der Waals surface area contributed by atoms with Crippen LogP contribution in [0.1, 0.15) is 113 Å². The number of carbonyl (C=O) groups is 6. The Morgan fingerprint density at radius 2 is 1.63 bits per heavy atom. The number of aliphatic hydroxyl groups is 1. The summed E-state index contributed by atoms with van der Waals surface area (Å²) in [7, 11) is 0.507. The van der Waals surface area contributed by atoms with Crippen LogP contribution in [-0.4, -0.2) is 171 Å². The Kier molecular flexibility index (Phi) is 21.9. The fourth-order valence-corrected chi connectivity index (χ4v) is 12.2. The van der Waals surface area contributed by atoms with Crippen molar-refractivity contribution in [2.24, 2.45) is 11.3 Å². The summed E-state index contributed by atoms with van der Waals surface area (Å²) in [5, 5.41) is 35.4. The van der Waals surface area contributed by atoms with E-state index in [0.29, 0.717) is 44.8 Å². The number of unbranched alkanes of at least 4 members (excludes halogenated alkanes) is 2. The van der Waals surface area contributed by atoms with Crippen LogP contribution in [0.25, 0.3) is 0 Å². The first-order valence-corrected chi connectivity index (χ1v) is 29.5. The highest BCUT2D eigenvalue weighted by molar-refractivity contribution is 8.00. The van der Waals surface area contributed by atoms with E-state index >= 15 is 0 Å². The van der Waals surface area contributed by atoms with Gasteiger partial charge in [-0.05, 0) is 99.7 Å². The lowest BCUT2D eigenvalue weighted by atomic mass is 9.85. The van der Waals surface area contributed by atoms with Crippen molar-refractivity contribution in [1.82, 2.24) is 56.6 Å². The first-order valence-electron chi connectivity index (χ1n) is 26.6. The van der Waals surface area contributed by atoms with Gasteiger partial charge in [0.25, 0.3) is 0 Å². The maximum absolute atomic E-state index is 14.1. The number of β-amino-alcohol motifs (C(OH)–C–C–N with tert-alkyl or cyclic N) is 1. The number of nitrogens with zero attached hydrogens (tertiary/aromatic N) is 3. The second-order valence-electron chi connectivity index (χ2n) is 22.0. The summed E-state index contributed by atoms with van der Waals surface area (Å²) >= 11 is 1.58. The van der Waals surface area contributed by atoms with E-state index < -0.39 is 45.5 Å². The number of likely N-dealkylation sites (tertiary alicyclic amines) is 1. The first kappa shape index (κ1) is 59.6. The standard InChI is InChI=1S/C53H83N11O9S2/c1-34(54-5)24-35-15-17-36(18-16-35)28-57-50(70)43-27-41(65)31-64(43)51(71)48(53(2,3)4)60-45(66)14-9-8-10-21-56-47(68)32-62(6)44-26-38(19-22-55-44)37-12-11-13-39(25-37)42-33-74-52(59-42)61-46(67)29-58-49(69)40-20-23-63(30-40)75(7,72)73/h11-13,15-18,25,34,38,40-44,48,52,54-55,59,65H,8-10,14,19-24,26-33H2,1-7H3,(H,56,68)(H,57,70)(H,58,69)(H,60,66)(H,61,67)/t34?,38?,40?,41-,42?,43+,44?,48-,52?/m1/s1. The van der Waals surface area contributed by atoms with Crippen molar-refractivity contribution in [1.29, 1.82) is 0 Å². The second-order valence-corrected chi connectivity index (χ2v) is 25.1. The number of sulfonamides is 1. The van der Waals surface area contributed by atoms with E-state index in [1.54, 1.807) is 11.8 Å². The van der Waals surface area contributed by atoms with Gasteiger partial charge in [-0.3, -0.25) is 39.0 Å². The molecule has 6 rings (SSSR count). The van der Waals surface area contributed by atoms with Gasteiger partial charge in [0.05, 0.1) is 37.5 Å². The molecule has 4 saturated heterocycles. The minimum atomic E-state index is -3.36. The summed E-state index contributed by atoms with van der Waals surface area (Å²) in [6.07, 6.45) is 5.60. The Labute approximate surface area is 448 Å². The van der Waals surface area contributed by atoms with Crippen molar-refractivity contribution >= 4 is 57.2 Å². The largest absolute Gasteiger partial charge is 0.391 e. The lowest BCUT2D eigenvalue weighted by Crippen LogP contribution is -2.57. The quantitative estimate of drug-likeness (QED) is 0.0671. The van der Waals surface area contributed by atoms with Crippen molar-refractivity contribution in [2.45, 2.75) is 140 Å². The lowest BCUT2D eigenvalue weighted by Gasteiger charge is -2.36. The second kappa shape index (κ2) is 27.6. The molecule has 6 amide bonds. The Bertz CT molecular complexity index is 2390. The number of amides is 6. The van der Waals surface area contributed by atoms with E-state index in [1.165, 1.54) is 20.3 Å². The Balaban J connectivity index is 0.863. The van der Waals surface area contributed by atoms with Crippen LogP contribution in [0.15, 0.2) is 48.5 Å². The van der Waals surface area contributed by atoms with Crippen LogP contribution >= 0.6 is 11.8 Å². The molecule has 0 spiro atoms. The molecule has 416 valence electrons. The molecule has 9 N–H and O–H groups in total. The molecule has 20 nitrogen and oxygen atoms in total. The van der Waals surface area contributed by atoms with Crippen molar-refractivity contribution in [2.75, 3.05) is 71.9 Å². The summed E-state index contributed by atoms with van der Waals surface area (Å²) in [4.78, 5) is 82.6. The molecule has 0 aromatic heterocycles. The highest BCUT2D eigenvalue weighted by Gasteiger charge is 2.44. The Hall–Kier alpha value is -4.68. The van der Waals surface area contributed by atoms with Gasteiger partial charge in [0, 0.05) is 63.4 Å². The SMILES string of the molecule is CNC(C)Cc1ccc(CNC(=O)[C@@H]2C[C@@H](O)CN2C(=O)[C@@H](NC(=O)CCCCCNC(=O)CN(C)C2CC(c3cccc(C4CSC(NC(=O)CNC(=O)C5CCN(S(C)(=O)=O)C5)N4)c3)CCN2)C(C)(C)C)cc1. The predicted octanol–water partition coefficient (Wildman–Crippen LogP) is 1.22. The third kappa shape index (κ3) is 17.9. The summed E-state index contributed by atoms with van der Waals surface area (Å²) < 4.78 is 24.9. The molecular formula is C53H83N11O9S2. The van der Waals surface area contributed by atoms with Crippen molar-refractivity contribution in [3.63, 3.8) is 0 Å². The van der Waals surface area contributed by atoms with E-state index in [1.807, 2.05) is 64.0 Å². The zero-order chi connectivity index (χ0) is 54.5. The molecule has 0 bridgehead atoms. The summed E-state index contributed by atoms with van der Waals surface area (Å²) in [5.74, 6) is -1.21. The maximum atomic E-state index is 14.1. The number of likely N-dealkylation sites (N-methyl/N-ethyl adjacent to an activating group) is 2. The topological polar surface area (TPSA) is 263 Å². The summed E-state index contributed by atoms with van der Waals surface area (Å²) in [6.45, 7) is 9.71. The Morgan fingerprint density at radius 3 is 2.33 bits per heavy atom. The van der Waals surface area contributed by atoms with Gasteiger partial charge in [-0.1, -0.05) is 75.7 Å². The normalized spacial score (nSPS) is 24.1. The van der Waals surface area contributed by atoms with Crippen LogP contribution in [0.2, 0.25) is 0 Å². The lowest BCUT2D eigenvalue weighted by molar-refractivity contribution is -0.144. The first-order chi connectivity index (χ1) is 35.6. The molecule has 4 aliphatic rings. The molecule has 4 heterocycles. The molecule has 22 heteroatoms. The van der Waals surface area contributed by atoms with Gasteiger partial charge < -0.3 is 47.2 Å². The van der Waals surface area contributed by atoms with Crippen LogP contribution < -0.4 is 42.5 Å². The summed E-state index contributed by atoms with van der Waals surface area (Å²) in [5.41, 5.74) is 3.46. The van der Waals surface area contributed by atoms with Gasteiger partial charge in [-0.2, -0.15) is 0 Å². The van der Waals surface area contributed by atoms with Crippen LogP contribution in [0.4, 0.5) is 0 Å². The van der Waals surface area contributed by atoms with Crippen molar-refractivity contribution < 1.29 is 42.3 Å². The zero-order valence-corrected chi connectivity index (χ0v) is 46.5. The minimum absolute atomic E-state index is 0.00215. The number of piperidine rings is 1. The molecule has 0 radical (unpaired) electrons. The molecule has 2 aromatic rings. The number of hydrogen-bond donors (Lipinski definition) is 9. The molecule has 9 atom stereocenters. The molecule has 75 heavy (non-hydrogen) atoms. The van der Waals surface area contributed by atoms with E-state index in [4.69, 9.17) is 0 Å². The Morgan fingerprint density at radius 1 is 0.893 bits per heavy atom. The number of nitrogens with one attached hydrogen (secondary N) is 8. The average Bonchev–Trinajstić information content (AvgIpc) is 4.16. The molecule has 2 aromatic carbocycles. The maximum Gasteiger partial charge on any atom is 0.246 e. The fourth-order valence-electron chi connectivity index (χ4n) is 10.2. The van der Waals surface area contributed by atoms with Gasteiger partial charge in [-0.15, -0.1) is 11.8 Å². The minimum Gasteiger partial charge on any atom is -0.391 e. The number of benzene rings is 2. The summed E-state index contributed by atoms with van der Waals surface area (Å²) in [6, 6.07) is 15.1. The molecule has 0 saturated carbocycles. The number of thioether (sulfide) groups is 1. The van der Waals surface area contributed by atoms with Gasteiger partial charge in [0.15, 0.2) is 0 Å². The number of carbonyl (C=O) groups excluding carboxylic acids is 6. The van der Waals surface area contributed by atoms with Gasteiger partial charge in [0.2, 0.25) is 45.5 Å². The average molecular weight is 1080 g/mol. The van der Waals surface area contributed by atoms with Crippen LogP contribution in [-0.2, 0) is 51.8 Å². The van der Waals surface area contributed by atoms with Crippen molar-refractivity contribution in [3.05, 3.63) is 70.8 Å². The highest BCUT2D eigenvalue weighted by Crippen LogP contribution is 2.34. The fraction of sp³-hybridized carbons (Fsp3) is 0.660. The molecule has 0 aliphatic carbocycles. The molecular weight excluding hydrogens is 999 g/mol. The van der Waals surface area contributed by atoms with Gasteiger partial charge >= 0.3 is 0 Å². The zero-order valence-electron chi connectivity index (χ0n) is 44.9. The predicted molar refractivity (Wildman–Crippen MR) is 290 cm³/mol. The highest BCUT2D eigenvalue weighted by atomic mass is 32.2. The molecule has 4 aliphatic heterocycles. The monoisotopic (exact) mass is 1080 g/mol. The van der Waals surface area contributed by atoms with Gasteiger partial charge in [0.1, 0.15) is 17.6 Å². The third-order valence-electron chi connectivity index (χ3n) is 14.8. The molecule has 4 fully saturated rings. The van der Waals surface area contributed by atoms with E-state index in [9.17, 15) is 42.3 Å². The van der Waals surface area contributed by atoms with E-state index in [2.05, 4.69) is 73.7 Å².